The van der Waals surface area contributed by atoms with Crippen LogP contribution >= 0.6 is 34.5 Å². The lowest BCUT2D eigenvalue weighted by molar-refractivity contribution is 0.414. The molecular weight excluding hydrogens is 497 g/mol. The van der Waals surface area contributed by atoms with Crippen LogP contribution in [-0.4, -0.2) is 43.2 Å². The fraction of sp³-hybridized carbons (Fsp3) is 0.214. The van der Waals surface area contributed by atoms with Crippen molar-refractivity contribution in [2.24, 2.45) is 4.99 Å². The number of alkyl halides is 2. The number of methoxy groups -OCH3 is 1. The number of aromatic nitrogens is 1. The van der Waals surface area contributed by atoms with Crippen molar-refractivity contribution in [3.63, 3.8) is 0 Å². The van der Waals surface area contributed by atoms with E-state index in [-0.39, 0.29) is 0 Å². The molecule has 0 atom stereocenters. The van der Waals surface area contributed by atoms with Gasteiger partial charge in [0, 0.05) is 54.1 Å². The molecule has 0 amide bonds. The van der Waals surface area contributed by atoms with Gasteiger partial charge >= 0.3 is 0 Å². The summed E-state index contributed by atoms with van der Waals surface area (Å²) in [6.07, 6.45) is 2.69. The normalized spacial score (nSPS) is 11.2. The number of ether oxygens (including phenoxy) is 1. The van der Waals surface area contributed by atoms with Crippen LogP contribution < -0.4 is 9.64 Å². The summed E-state index contributed by atoms with van der Waals surface area (Å²) in [6.45, 7) is 1.55. The van der Waals surface area contributed by atoms with Crippen molar-refractivity contribution in [2.75, 3.05) is 36.9 Å². The van der Waals surface area contributed by atoms with Gasteiger partial charge in [0.25, 0.3) is 0 Å². The van der Waals surface area contributed by atoms with Crippen LogP contribution in [0.4, 0.5) is 11.4 Å². The third kappa shape index (κ3) is 7.07. The number of aliphatic imine (C=N–C) groups is 1. The van der Waals surface area contributed by atoms with Gasteiger partial charge in [0.2, 0.25) is 0 Å². The van der Waals surface area contributed by atoms with Gasteiger partial charge in [-0.2, -0.15) is 0 Å². The summed E-state index contributed by atoms with van der Waals surface area (Å²) >= 11 is 13.5. The average Bonchev–Trinajstić information content (AvgIpc) is 3.37. The summed E-state index contributed by atoms with van der Waals surface area (Å²) in [5.41, 5.74) is 6.35. The summed E-state index contributed by atoms with van der Waals surface area (Å²) in [4.78, 5) is 11.6. The lowest BCUT2D eigenvalue weighted by Gasteiger charge is -2.22. The average molecular weight is 525 g/mol. The van der Waals surface area contributed by atoms with Crippen molar-refractivity contribution in [3.8, 4) is 17.0 Å². The van der Waals surface area contributed by atoms with E-state index in [2.05, 4.69) is 63.8 Å². The number of rotatable bonds is 11. The fourth-order valence-electron chi connectivity index (χ4n) is 3.66. The van der Waals surface area contributed by atoms with Crippen molar-refractivity contribution >= 4 is 52.1 Å². The van der Waals surface area contributed by atoms with Crippen LogP contribution in [0.2, 0.25) is 0 Å². The van der Waals surface area contributed by atoms with Gasteiger partial charge in [0.05, 0.1) is 23.5 Å². The number of benzene rings is 3. The van der Waals surface area contributed by atoms with E-state index in [1.54, 1.807) is 18.4 Å². The Morgan fingerprint density at radius 3 is 2.23 bits per heavy atom. The monoisotopic (exact) mass is 523 g/mol. The minimum Gasteiger partial charge on any atom is -0.497 e. The van der Waals surface area contributed by atoms with E-state index in [1.807, 2.05) is 30.5 Å². The summed E-state index contributed by atoms with van der Waals surface area (Å²) in [5.74, 6) is 2.01. The highest BCUT2D eigenvalue weighted by molar-refractivity contribution is 7.10. The molecule has 0 saturated heterocycles. The van der Waals surface area contributed by atoms with Crippen molar-refractivity contribution in [3.05, 3.63) is 94.3 Å². The second kappa shape index (κ2) is 12.7. The van der Waals surface area contributed by atoms with Crippen molar-refractivity contribution in [1.29, 1.82) is 0 Å². The minimum atomic E-state index is 0.570. The maximum absolute atomic E-state index is 5.91. The standard InChI is InChI=1S/C28H27Cl2N3OS/c1-34-26-12-4-21(5-13-26)18-28-32-27(20-35-28)23-6-8-24(9-7-23)31-19-22-2-10-25(11-3-22)33(16-14-29)17-15-30/h2-13,19-20H,14-18H2,1H3. The first-order valence-electron chi connectivity index (χ1n) is 11.4. The molecule has 3 aromatic carbocycles. The lowest BCUT2D eigenvalue weighted by atomic mass is 10.1. The van der Waals surface area contributed by atoms with Gasteiger partial charge in [0.15, 0.2) is 0 Å². The van der Waals surface area contributed by atoms with Crippen molar-refractivity contribution in [2.45, 2.75) is 6.42 Å². The quantitative estimate of drug-likeness (QED) is 0.151. The molecule has 0 N–H and O–H groups in total. The fourth-order valence-corrected chi connectivity index (χ4v) is 4.90. The predicted octanol–water partition coefficient (Wildman–Crippen LogP) is 7.44. The first-order valence-corrected chi connectivity index (χ1v) is 13.3. The number of hydrogen-bond donors (Lipinski definition) is 0. The Morgan fingerprint density at radius 2 is 1.60 bits per heavy atom. The topological polar surface area (TPSA) is 37.7 Å². The van der Waals surface area contributed by atoms with Gasteiger partial charge in [-0.3, -0.25) is 4.99 Å². The number of halogens is 2. The molecule has 35 heavy (non-hydrogen) atoms. The predicted molar refractivity (Wildman–Crippen MR) is 151 cm³/mol. The third-order valence-electron chi connectivity index (χ3n) is 5.56. The Bertz CT molecular complexity index is 1220. The number of thiazole rings is 1. The zero-order chi connectivity index (χ0) is 24.5. The van der Waals surface area contributed by atoms with E-state index >= 15 is 0 Å². The number of nitrogens with zero attached hydrogens (tertiary/aromatic N) is 3. The van der Waals surface area contributed by atoms with E-state index < -0.39 is 0 Å². The molecule has 0 spiro atoms. The summed E-state index contributed by atoms with van der Waals surface area (Å²) in [6, 6.07) is 24.6. The minimum absolute atomic E-state index is 0.570. The second-order valence-electron chi connectivity index (χ2n) is 7.91. The molecule has 1 aromatic heterocycles. The molecule has 4 rings (SSSR count). The SMILES string of the molecule is COc1ccc(Cc2nc(-c3ccc(N=Cc4ccc(N(CCCl)CCCl)cc4)cc3)cs2)cc1. The largest absolute Gasteiger partial charge is 0.497 e. The molecule has 0 radical (unpaired) electrons. The van der Waals surface area contributed by atoms with Crippen LogP contribution in [0.25, 0.3) is 11.3 Å². The van der Waals surface area contributed by atoms with Crippen LogP contribution in [0.3, 0.4) is 0 Å². The van der Waals surface area contributed by atoms with Crippen molar-refractivity contribution < 1.29 is 4.74 Å². The zero-order valence-corrected chi connectivity index (χ0v) is 21.9. The second-order valence-corrected chi connectivity index (χ2v) is 9.61. The molecule has 7 heteroatoms. The van der Waals surface area contributed by atoms with Crippen LogP contribution in [0.15, 0.2) is 83.2 Å². The van der Waals surface area contributed by atoms with E-state index in [4.69, 9.17) is 32.9 Å². The Kier molecular flexibility index (Phi) is 9.18. The van der Waals surface area contributed by atoms with E-state index in [1.165, 1.54) is 5.56 Å². The molecule has 0 bridgehead atoms. The van der Waals surface area contributed by atoms with Gasteiger partial charge in [-0.15, -0.1) is 34.5 Å². The van der Waals surface area contributed by atoms with Crippen LogP contribution in [-0.2, 0) is 6.42 Å². The molecule has 0 aliphatic rings. The lowest BCUT2D eigenvalue weighted by Crippen LogP contribution is -2.27. The van der Waals surface area contributed by atoms with Crippen LogP contribution in [0.1, 0.15) is 16.1 Å². The molecule has 0 aliphatic heterocycles. The van der Waals surface area contributed by atoms with Gasteiger partial charge in [-0.05, 0) is 47.5 Å². The number of anilines is 1. The molecule has 0 saturated carbocycles. The first-order chi connectivity index (χ1) is 17.2. The Hall–Kier alpha value is -2.86. The molecule has 1 heterocycles. The Balaban J connectivity index is 1.37. The molecule has 180 valence electrons. The molecule has 0 unspecified atom stereocenters. The molecule has 4 nitrogen and oxygen atoms in total. The molecule has 0 aliphatic carbocycles. The Labute approximate surface area is 220 Å². The Morgan fingerprint density at radius 1 is 0.914 bits per heavy atom. The van der Waals surface area contributed by atoms with Gasteiger partial charge in [-0.1, -0.05) is 36.4 Å². The van der Waals surface area contributed by atoms with Gasteiger partial charge in [0.1, 0.15) is 5.75 Å². The highest BCUT2D eigenvalue weighted by Crippen LogP contribution is 2.26. The summed E-state index contributed by atoms with van der Waals surface area (Å²) < 4.78 is 5.23. The first kappa shape index (κ1) is 25.2. The molecule has 4 aromatic rings. The maximum atomic E-state index is 5.91. The summed E-state index contributed by atoms with van der Waals surface area (Å²) in [7, 11) is 1.68. The smallest absolute Gasteiger partial charge is 0.118 e. The number of hydrogen-bond acceptors (Lipinski definition) is 5. The van der Waals surface area contributed by atoms with Crippen molar-refractivity contribution in [1.82, 2.24) is 4.98 Å². The molecule has 0 fully saturated rings. The van der Waals surface area contributed by atoms with Gasteiger partial charge < -0.3 is 9.64 Å². The van der Waals surface area contributed by atoms with E-state index in [0.717, 1.165) is 58.5 Å². The van der Waals surface area contributed by atoms with Crippen LogP contribution in [0, 0.1) is 0 Å². The zero-order valence-electron chi connectivity index (χ0n) is 19.5. The highest BCUT2D eigenvalue weighted by atomic mass is 35.5. The molecular formula is C28H27Cl2N3OS. The van der Waals surface area contributed by atoms with Gasteiger partial charge in [-0.25, -0.2) is 4.98 Å². The maximum Gasteiger partial charge on any atom is 0.118 e. The third-order valence-corrected chi connectivity index (χ3v) is 6.75. The summed E-state index contributed by atoms with van der Waals surface area (Å²) in [5, 5.41) is 3.20. The van der Waals surface area contributed by atoms with Crippen LogP contribution in [0.5, 0.6) is 5.75 Å². The van der Waals surface area contributed by atoms with E-state index in [9.17, 15) is 0 Å². The highest BCUT2D eigenvalue weighted by Gasteiger charge is 2.07. The van der Waals surface area contributed by atoms with E-state index in [0.29, 0.717) is 11.8 Å².